The molecule has 2 rings (SSSR count). The zero-order chi connectivity index (χ0) is 13.0. The average Bonchev–Trinajstić information content (AvgIpc) is 2.90. The molecule has 94 valence electrons. The Kier molecular flexibility index (Phi) is 3.82. The lowest BCUT2D eigenvalue weighted by molar-refractivity contribution is 0.110. The lowest BCUT2D eigenvalue weighted by atomic mass is 10.1. The molecule has 2 aromatic rings. The van der Waals surface area contributed by atoms with Gasteiger partial charge >= 0.3 is 0 Å². The Balaban J connectivity index is 2.24. The van der Waals surface area contributed by atoms with Crippen molar-refractivity contribution < 1.29 is 9.21 Å². The van der Waals surface area contributed by atoms with E-state index in [0.717, 1.165) is 24.4 Å². The maximum Gasteiger partial charge on any atom is 0.185 e. The van der Waals surface area contributed by atoms with Gasteiger partial charge in [0.05, 0.1) is 0 Å². The van der Waals surface area contributed by atoms with Crippen LogP contribution in [0.25, 0.3) is 11.3 Å². The zero-order valence-corrected chi connectivity index (χ0v) is 10.7. The molecule has 1 aromatic heterocycles. The summed E-state index contributed by atoms with van der Waals surface area (Å²) >= 11 is 0. The van der Waals surface area contributed by atoms with Gasteiger partial charge < -0.3 is 9.32 Å². The Morgan fingerprint density at radius 2 is 1.72 bits per heavy atom. The Morgan fingerprint density at radius 3 is 2.22 bits per heavy atom. The molecule has 1 heterocycles. The van der Waals surface area contributed by atoms with E-state index in [-0.39, 0.29) is 0 Å². The molecule has 0 aliphatic heterocycles. The molecule has 3 nitrogen and oxygen atoms in total. The van der Waals surface area contributed by atoms with Gasteiger partial charge in [0.1, 0.15) is 5.76 Å². The highest BCUT2D eigenvalue weighted by molar-refractivity contribution is 5.73. The first kappa shape index (κ1) is 12.4. The molecule has 0 saturated heterocycles. The molecule has 0 atom stereocenters. The number of carbonyl (C=O) groups is 1. The van der Waals surface area contributed by atoms with Crippen molar-refractivity contribution in [1.29, 1.82) is 0 Å². The number of benzene rings is 1. The quantitative estimate of drug-likeness (QED) is 0.752. The second-order valence-electron chi connectivity index (χ2n) is 4.04. The predicted octanol–water partition coefficient (Wildman–Crippen LogP) is 3.61. The Bertz CT molecular complexity index is 510. The van der Waals surface area contributed by atoms with Gasteiger partial charge in [0, 0.05) is 24.3 Å². The molecule has 0 amide bonds. The summed E-state index contributed by atoms with van der Waals surface area (Å²) in [5.41, 5.74) is 2.19. The molecule has 0 fully saturated rings. The number of rotatable bonds is 5. The molecule has 1 aromatic carbocycles. The van der Waals surface area contributed by atoms with Crippen LogP contribution >= 0.6 is 0 Å². The molecule has 3 heteroatoms. The minimum absolute atomic E-state index is 0.359. The average molecular weight is 243 g/mol. The first-order valence-corrected chi connectivity index (χ1v) is 6.18. The largest absolute Gasteiger partial charge is 0.453 e. The van der Waals surface area contributed by atoms with Crippen LogP contribution in [0.1, 0.15) is 24.4 Å². The van der Waals surface area contributed by atoms with Crippen LogP contribution in [0.3, 0.4) is 0 Å². The minimum atomic E-state index is 0.359. The monoisotopic (exact) mass is 243 g/mol. The molecule has 18 heavy (non-hydrogen) atoms. The molecule has 0 saturated carbocycles. The highest BCUT2D eigenvalue weighted by Crippen LogP contribution is 2.24. The normalized spacial score (nSPS) is 10.3. The van der Waals surface area contributed by atoms with E-state index < -0.39 is 0 Å². The Labute approximate surface area is 107 Å². The summed E-state index contributed by atoms with van der Waals surface area (Å²) < 4.78 is 5.39. The van der Waals surface area contributed by atoms with Crippen LogP contribution in [0.5, 0.6) is 0 Å². The van der Waals surface area contributed by atoms with Crippen LogP contribution in [0.4, 0.5) is 5.69 Å². The predicted molar refractivity (Wildman–Crippen MR) is 73.1 cm³/mol. The first-order chi connectivity index (χ1) is 8.78. The van der Waals surface area contributed by atoms with E-state index in [0.29, 0.717) is 12.0 Å². The molecule has 0 N–H and O–H groups in total. The lowest BCUT2D eigenvalue weighted by Crippen LogP contribution is -2.21. The molecule has 0 aliphatic rings. The fourth-order valence-corrected chi connectivity index (χ4v) is 2.00. The molecule has 0 bridgehead atoms. The summed E-state index contributed by atoms with van der Waals surface area (Å²) in [6.45, 7) is 6.26. The van der Waals surface area contributed by atoms with E-state index in [9.17, 15) is 4.79 Å². The number of nitrogens with zero attached hydrogens (tertiary/aromatic N) is 1. The smallest absolute Gasteiger partial charge is 0.185 e. The number of aldehydes is 1. The molecule has 0 radical (unpaired) electrons. The fourth-order valence-electron chi connectivity index (χ4n) is 2.00. The topological polar surface area (TPSA) is 33.5 Å². The van der Waals surface area contributed by atoms with Gasteiger partial charge in [-0.3, -0.25) is 4.79 Å². The van der Waals surface area contributed by atoms with Gasteiger partial charge in [-0.2, -0.15) is 0 Å². The number of anilines is 1. The maximum atomic E-state index is 10.6. The van der Waals surface area contributed by atoms with E-state index >= 15 is 0 Å². The number of furan rings is 1. The van der Waals surface area contributed by atoms with E-state index in [2.05, 4.69) is 30.9 Å². The van der Waals surface area contributed by atoms with Gasteiger partial charge in [0.2, 0.25) is 0 Å². The highest BCUT2D eigenvalue weighted by atomic mass is 16.3. The van der Waals surface area contributed by atoms with Crippen LogP contribution < -0.4 is 4.90 Å². The van der Waals surface area contributed by atoms with Gasteiger partial charge in [-0.25, -0.2) is 0 Å². The van der Waals surface area contributed by atoms with E-state index in [1.54, 1.807) is 6.07 Å². The van der Waals surface area contributed by atoms with Crippen molar-refractivity contribution in [3.63, 3.8) is 0 Å². The van der Waals surface area contributed by atoms with Crippen molar-refractivity contribution in [1.82, 2.24) is 0 Å². The highest BCUT2D eigenvalue weighted by Gasteiger charge is 2.05. The van der Waals surface area contributed by atoms with Crippen LogP contribution in [0.2, 0.25) is 0 Å². The van der Waals surface area contributed by atoms with Crippen molar-refractivity contribution >= 4 is 12.0 Å². The standard InChI is InChI=1S/C15H17NO2/c1-3-16(4-2)13-7-5-12(6-8-13)15-10-9-14(11-17)18-15/h5-11H,3-4H2,1-2H3. The van der Waals surface area contributed by atoms with Gasteiger partial charge in [0.15, 0.2) is 12.0 Å². The summed E-state index contributed by atoms with van der Waals surface area (Å²) in [5.74, 6) is 1.08. The fraction of sp³-hybridized carbons (Fsp3) is 0.267. The van der Waals surface area contributed by atoms with E-state index in [1.165, 1.54) is 5.69 Å². The second kappa shape index (κ2) is 5.54. The number of hydrogen-bond donors (Lipinski definition) is 0. The van der Waals surface area contributed by atoms with E-state index in [1.807, 2.05) is 18.2 Å². The van der Waals surface area contributed by atoms with Crippen LogP contribution in [0, 0.1) is 0 Å². The summed E-state index contributed by atoms with van der Waals surface area (Å²) in [4.78, 5) is 12.9. The zero-order valence-electron chi connectivity index (χ0n) is 10.7. The van der Waals surface area contributed by atoms with Gasteiger partial charge in [-0.15, -0.1) is 0 Å². The van der Waals surface area contributed by atoms with E-state index in [4.69, 9.17) is 4.42 Å². The Morgan fingerprint density at radius 1 is 1.06 bits per heavy atom. The van der Waals surface area contributed by atoms with Crippen molar-refractivity contribution in [3.8, 4) is 11.3 Å². The van der Waals surface area contributed by atoms with Crippen LogP contribution in [-0.2, 0) is 0 Å². The van der Waals surface area contributed by atoms with Crippen molar-refractivity contribution in [2.24, 2.45) is 0 Å². The molecular formula is C15H17NO2. The maximum absolute atomic E-state index is 10.6. The molecular weight excluding hydrogens is 226 g/mol. The molecule has 0 aliphatic carbocycles. The third kappa shape index (κ3) is 2.45. The molecule has 0 spiro atoms. The summed E-state index contributed by atoms with van der Waals surface area (Å²) in [6.07, 6.45) is 0.716. The van der Waals surface area contributed by atoms with Crippen molar-refractivity contribution in [2.75, 3.05) is 18.0 Å². The summed E-state index contributed by atoms with van der Waals surface area (Å²) in [5, 5.41) is 0. The second-order valence-corrected chi connectivity index (χ2v) is 4.04. The SMILES string of the molecule is CCN(CC)c1ccc(-c2ccc(C=O)o2)cc1. The Hall–Kier alpha value is -2.03. The first-order valence-electron chi connectivity index (χ1n) is 6.18. The van der Waals surface area contributed by atoms with Gasteiger partial charge in [-0.05, 0) is 50.2 Å². The van der Waals surface area contributed by atoms with Crippen molar-refractivity contribution in [3.05, 3.63) is 42.2 Å². The third-order valence-electron chi connectivity index (χ3n) is 3.02. The summed E-state index contributed by atoms with van der Waals surface area (Å²) in [6, 6.07) is 11.7. The lowest BCUT2D eigenvalue weighted by Gasteiger charge is -2.20. The van der Waals surface area contributed by atoms with Crippen LogP contribution in [-0.4, -0.2) is 19.4 Å². The minimum Gasteiger partial charge on any atom is -0.453 e. The molecule has 0 unspecified atom stereocenters. The van der Waals surface area contributed by atoms with Gasteiger partial charge in [0.25, 0.3) is 0 Å². The van der Waals surface area contributed by atoms with Crippen molar-refractivity contribution in [2.45, 2.75) is 13.8 Å². The number of hydrogen-bond acceptors (Lipinski definition) is 3. The summed E-state index contributed by atoms with van der Waals surface area (Å²) in [7, 11) is 0. The van der Waals surface area contributed by atoms with Crippen LogP contribution in [0.15, 0.2) is 40.8 Å². The number of carbonyl (C=O) groups excluding carboxylic acids is 1. The van der Waals surface area contributed by atoms with Gasteiger partial charge in [-0.1, -0.05) is 0 Å². The third-order valence-corrected chi connectivity index (χ3v) is 3.02.